The maximum Gasteiger partial charge on any atom is 0.341 e. The van der Waals surface area contributed by atoms with Crippen molar-refractivity contribution in [2.24, 2.45) is 10.9 Å². The Morgan fingerprint density at radius 2 is 2.20 bits per heavy atom. The fourth-order valence-corrected chi connectivity index (χ4v) is 6.79. The number of hydrogen-bond donors (Lipinski definition) is 1. The highest BCUT2D eigenvalue weighted by Gasteiger charge is 2.55. The molecule has 5 rings (SSSR count). The summed E-state index contributed by atoms with van der Waals surface area (Å²) >= 11 is 6.34. The van der Waals surface area contributed by atoms with E-state index >= 15 is 8.78 Å². The zero-order valence-electron chi connectivity index (χ0n) is 19.1. The quantitative estimate of drug-likeness (QED) is 0.405. The molecule has 1 saturated carbocycles. The number of anilines is 1. The van der Waals surface area contributed by atoms with Gasteiger partial charge in [0.25, 0.3) is 0 Å². The molecule has 3 heterocycles. The van der Waals surface area contributed by atoms with Crippen molar-refractivity contribution in [3.63, 3.8) is 0 Å². The number of aliphatic imine (C=N–C) groups is 1. The molecule has 0 amide bonds. The van der Waals surface area contributed by atoms with Gasteiger partial charge in [-0.1, -0.05) is 6.92 Å². The number of carbonyl (C=O) groups is 1. The number of carboxylic acid groups (broad SMARTS) is 1. The van der Waals surface area contributed by atoms with Crippen LogP contribution in [0.25, 0.3) is 10.9 Å². The summed E-state index contributed by atoms with van der Waals surface area (Å²) in [7, 11) is 0. The normalized spacial score (nSPS) is 25.6. The first kappa shape index (κ1) is 24.4. The van der Waals surface area contributed by atoms with Crippen LogP contribution < -0.4 is 10.3 Å². The van der Waals surface area contributed by atoms with Crippen molar-refractivity contribution in [2.75, 3.05) is 30.3 Å². The molecule has 0 spiro atoms. The number of aromatic nitrogens is 1. The molecule has 3 aliphatic rings. The molecule has 7 nitrogen and oxygen atoms in total. The lowest BCUT2D eigenvalue weighted by Crippen LogP contribution is -2.35. The molecule has 3 fully saturated rings. The highest BCUT2D eigenvalue weighted by atomic mass is 32.2. The number of pyridine rings is 1. The van der Waals surface area contributed by atoms with E-state index in [4.69, 9.17) is 4.74 Å². The summed E-state index contributed by atoms with van der Waals surface area (Å²) in [4.78, 5) is 29.4. The molecule has 0 radical (unpaired) electrons. The van der Waals surface area contributed by atoms with Gasteiger partial charge >= 0.3 is 5.97 Å². The Balaban J connectivity index is 1.57. The Morgan fingerprint density at radius 3 is 2.86 bits per heavy atom. The Hall–Kier alpha value is -2.33. The van der Waals surface area contributed by atoms with E-state index in [1.165, 1.54) is 10.8 Å². The minimum Gasteiger partial charge on any atom is -0.477 e. The zero-order valence-corrected chi connectivity index (χ0v) is 20.8. The molecule has 1 aromatic carbocycles. The van der Waals surface area contributed by atoms with Crippen molar-refractivity contribution in [3.8, 4) is 0 Å². The molecule has 2 aromatic rings. The fraction of sp³-hybridized carbons (Fsp3) is 0.542. The van der Waals surface area contributed by atoms with Crippen molar-refractivity contribution in [2.45, 2.75) is 49.7 Å². The van der Waals surface area contributed by atoms with Crippen LogP contribution in [0, 0.1) is 17.6 Å². The fourth-order valence-electron chi connectivity index (χ4n) is 5.31. The molecule has 2 aliphatic heterocycles. The predicted octanol–water partition coefficient (Wildman–Crippen LogP) is 4.48. The second-order valence-corrected chi connectivity index (χ2v) is 10.9. The van der Waals surface area contributed by atoms with E-state index in [1.54, 1.807) is 16.7 Å². The Bertz CT molecular complexity index is 1310. The SMILES string of the molecule is CCCSC12CN(c3c(F)cc4c(=O)c(C(=O)O)cn(C5CC5)c4c3F)CC1CC(CN=C=S)O2. The van der Waals surface area contributed by atoms with Crippen LogP contribution in [-0.4, -0.2) is 57.2 Å². The average molecular weight is 522 g/mol. The van der Waals surface area contributed by atoms with E-state index in [0.29, 0.717) is 26.1 Å². The zero-order chi connectivity index (χ0) is 24.9. The molecule has 11 heteroatoms. The molecule has 186 valence electrons. The number of benzene rings is 1. The van der Waals surface area contributed by atoms with Crippen LogP contribution in [0.4, 0.5) is 14.5 Å². The molecule has 1 aliphatic carbocycles. The standard InChI is InChI=1S/C24H25F2N3O4S2/c1-2-5-35-24-11-28(9-13(24)6-15(33-24)8-27-12-34)21-18(25)7-16-20(19(21)26)29(14-3-4-14)10-17(22(16)30)23(31)32/h7,10,13-15H,2-6,8-9,11H2,1H3,(H,31,32). The summed E-state index contributed by atoms with van der Waals surface area (Å²) in [5.74, 6) is -2.25. The number of fused-ring (bicyclic) bond motifs is 2. The minimum atomic E-state index is -1.41. The number of carboxylic acids is 1. The van der Waals surface area contributed by atoms with Gasteiger partial charge in [-0.15, -0.1) is 11.8 Å². The molecule has 3 atom stereocenters. The van der Waals surface area contributed by atoms with E-state index < -0.39 is 33.5 Å². The number of aromatic carboxylic acids is 1. The summed E-state index contributed by atoms with van der Waals surface area (Å²) in [6, 6.07) is 0.873. The van der Waals surface area contributed by atoms with Crippen LogP contribution in [0.5, 0.6) is 0 Å². The lowest BCUT2D eigenvalue weighted by atomic mass is 10.0. The van der Waals surface area contributed by atoms with Gasteiger partial charge in [-0.2, -0.15) is 0 Å². The van der Waals surface area contributed by atoms with Gasteiger partial charge in [0.1, 0.15) is 22.0 Å². The summed E-state index contributed by atoms with van der Waals surface area (Å²) < 4.78 is 39.4. The van der Waals surface area contributed by atoms with E-state index in [9.17, 15) is 14.7 Å². The third kappa shape index (κ3) is 4.18. The van der Waals surface area contributed by atoms with Gasteiger partial charge in [0.2, 0.25) is 5.43 Å². The largest absolute Gasteiger partial charge is 0.477 e. The van der Waals surface area contributed by atoms with Crippen molar-refractivity contribution in [1.82, 2.24) is 4.57 Å². The van der Waals surface area contributed by atoms with Gasteiger partial charge in [-0.25, -0.2) is 18.6 Å². The van der Waals surface area contributed by atoms with Gasteiger partial charge in [0.15, 0.2) is 5.82 Å². The first-order chi connectivity index (χ1) is 16.8. The maximum absolute atomic E-state index is 16.1. The molecule has 1 N–H and O–H groups in total. The number of halogens is 2. The van der Waals surface area contributed by atoms with Crippen molar-refractivity contribution >= 4 is 51.7 Å². The van der Waals surface area contributed by atoms with Crippen molar-refractivity contribution in [3.05, 3.63) is 39.7 Å². The monoisotopic (exact) mass is 521 g/mol. The first-order valence-corrected chi connectivity index (χ1v) is 13.1. The maximum atomic E-state index is 16.1. The molecule has 3 unspecified atom stereocenters. The van der Waals surface area contributed by atoms with E-state index in [-0.39, 0.29) is 34.7 Å². The second-order valence-electron chi connectivity index (χ2n) is 9.38. The molecule has 1 aromatic heterocycles. The van der Waals surface area contributed by atoms with Crippen molar-refractivity contribution in [1.29, 1.82) is 0 Å². The first-order valence-electron chi connectivity index (χ1n) is 11.7. The number of nitrogens with zero attached hydrogens (tertiary/aromatic N) is 3. The van der Waals surface area contributed by atoms with E-state index in [1.807, 2.05) is 0 Å². The number of rotatable bonds is 8. The summed E-state index contributed by atoms with van der Waals surface area (Å²) in [5, 5.41) is 11.6. The highest BCUT2D eigenvalue weighted by molar-refractivity contribution is 8.00. The van der Waals surface area contributed by atoms with Crippen LogP contribution in [0.3, 0.4) is 0 Å². The summed E-state index contributed by atoms with van der Waals surface area (Å²) in [6.45, 7) is 3.17. The number of thioether (sulfide) groups is 1. The predicted molar refractivity (Wildman–Crippen MR) is 134 cm³/mol. The van der Waals surface area contributed by atoms with E-state index in [0.717, 1.165) is 31.1 Å². The van der Waals surface area contributed by atoms with Crippen LogP contribution in [0.2, 0.25) is 0 Å². The summed E-state index contributed by atoms with van der Waals surface area (Å²) in [6.07, 6.45) is 4.18. The van der Waals surface area contributed by atoms with Gasteiger partial charge in [0.05, 0.1) is 35.3 Å². The van der Waals surface area contributed by atoms with Crippen LogP contribution in [0.1, 0.15) is 49.0 Å². The van der Waals surface area contributed by atoms with Gasteiger partial charge in [0, 0.05) is 24.7 Å². The van der Waals surface area contributed by atoms with Gasteiger partial charge in [-0.3, -0.25) is 4.79 Å². The summed E-state index contributed by atoms with van der Waals surface area (Å²) in [5.41, 5.74) is -1.61. The van der Waals surface area contributed by atoms with Gasteiger partial charge < -0.3 is 19.3 Å². The third-order valence-electron chi connectivity index (χ3n) is 6.97. The second kappa shape index (κ2) is 9.28. The van der Waals surface area contributed by atoms with Crippen LogP contribution in [0.15, 0.2) is 22.1 Å². The molecular weight excluding hydrogens is 496 g/mol. The third-order valence-corrected chi connectivity index (χ3v) is 8.76. The van der Waals surface area contributed by atoms with Crippen LogP contribution >= 0.6 is 24.0 Å². The molecule has 0 bridgehead atoms. The molecular formula is C24H25F2N3O4S2. The van der Waals surface area contributed by atoms with Crippen LogP contribution in [-0.2, 0) is 4.74 Å². The number of hydrogen-bond acceptors (Lipinski definition) is 7. The lowest BCUT2D eigenvalue weighted by Gasteiger charge is -2.29. The lowest BCUT2D eigenvalue weighted by molar-refractivity contribution is 0.0308. The topological polar surface area (TPSA) is 84.1 Å². The Kier molecular flexibility index (Phi) is 6.46. The molecule has 35 heavy (non-hydrogen) atoms. The number of isothiocyanates is 1. The number of ether oxygens (including phenoxy) is 1. The number of thiocarbonyl (C=S) groups is 1. The average Bonchev–Trinajstić information content (AvgIpc) is 3.52. The Labute approximate surface area is 210 Å². The molecule has 2 saturated heterocycles. The minimum absolute atomic E-state index is 0.0406. The highest BCUT2D eigenvalue weighted by Crippen LogP contribution is 2.51. The smallest absolute Gasteiger partial charge is 0.341 e. The van der Waals surface area contributed by atoms with Crippen molar-refractivity contribution < 1.29 is 23.4 Å². The Morgan fingerprint density at radius 1 is 1.43 bits per heavy atom. The van der Waals surface area contributed by atoms with E-state index in [2.05, 4.69) is 29.3 Å². The van der Waals surface area contributed by atoms with Gasteiger partial charge in [-0.05, 0) is 49.7 Å².